The molecule has 1 unspecified atom stereocenters. The van der Waals surface area contributed by atoms with Crippen molar-refractivity contribution in [3.05, 3.63) is 29.3 Å². The van der Waals surface area contributed by atoms with Crippen molar-refractivity contribution in [1.82, 2.24) is 0 Å². The zero-order valence-corrected chi connectivity index (χ0v) is 8.92. The molecule has 0 spiro atoms. The van der Waals surface area contributed by atoms with E-state index in [0.717, 1.165) is 12.4 Å². The Bertz CT molecular complexity index is 278. The van der Waals surface area contributed by atoms with E-state index in [0.29, 0.717) is 5.92 Å². The number of hydrogen-bond acceptors (Lipinski definition) is 1. The highest BCUT2D eigenvalue weighted by atomic mass is 16.5. The van der Waals surface area contributed by atoms with Crippen LogP contribution in [0.1, 0.15) is 37.8 Å². The smallest absolute Gasteiger partial charge is 0.123 e. The third-order valence-corrected chi connectivity index (χ3v) is 2.19. The molecule has 1 nitrogen and oxygen atoms in total. The Hall–Kier alpha value is -0.980. The van der Waals surface area contributed by atoms with Gasteiger partial charge < -0.3 is 4.74 Å². The van der Waals surface area contributed by atoms with Crippen LogP contribution in [0.25, 0.3) is 0 Å². The summed E-state index contributed by atoms with van der Waals surface area (Å²) < 4.78 is 5.49. The van der Waals surface area contributed by atoms with Crippen molar-refractivity contribution >= 4 is 0 Å². The fourth-order valence-electron chi connectivity index (χ4n) is 1.48. The first-order valence-electron chi connectivity index (χ1n) is 5.01. The fourth-order valence-corrected chi connectivity index (χ4v) is 1.48. The van der Waals surface area contributed by atoms with Gasteiger partial charge in [0, 0.05) is 11.5 Å². The molecule has 72 valence electrons. The minimum absolute atomic E-state index is 0.575. The number of hydrogen-bond donors (Lipinski definition) is 0. The second-order valence-electron chi connectivity index (χ2n) is 3.25. The fraction of sp³-hybridized carbons (Fsp3) is 0.500. The van der Waals surface area contributed by atoms with Crippen molar-refractivity contribution in [2.45, 2.75) is 33.6 Å². The van der Waals surface area contributed by atoms with Crippen LogP contribution in [-0.2, 0) is 0 Å². The van der Waals surface area contributed by atoms with E-state index in [2.05, 4.69) is 32.0 Å². The van der Waals surface area contributed by atoms with E-state index in [1.807, 2.05) is 13.8 Å². The first-order chi connectivity index (χ1) is 6.27. The highest BCUT2D eigenvalue weighted by molar-refractivity contribution is 5.41. The molecule has 1 aliphatic heterocycles. The predicted octanol–water partition coefficient (Wildman–Crippen LogP) is 3.52. The molecule has 0 saturated carbocycles. The van der Waals surface area contributed by atoms with Crippen molar-refractivity contribution in [3.63, 3.8) is 0 Å². The Morgan fingerprint density at radius 1 is 1.31 bits per heavy atom. The number of ether oxygens (including phenoxy) is 1. The monoisotopic (exact) mass is 178 g/mol. The molecule has 0 radical (unpaired) electrons. The molecule has 0 fully saturated rings. The summed E-state index contributed by atoms with van der Waals surface area (Å²) in [6.45, 7) is 9.13. The van der Waals surface area contributed by atoms with Gasteiger partial charge in [-0.1, -0.05) is 32.9 Å². The summed E-state index contributed by atoms with van der Waals surface area (Å²) in [5.41, 5.74) is 2.63. The standard InChI is InChI=1S/C10H12O.C2H6/c1-7-3-4-9-8(2)6-11-10(9)5-7;1-2/h3-5,8H,6H2,1-2H3;1-2H3. The van der Waals surface area contributed by atoms with Crippen LogP contribution < -0.4 is 4.74 Å². The minimum Gasteiger partial charge on any atom is -0.493 e. The Kier molecular flexibility index (Phi) is 3.35. The van der Waals surface area contributed by atoms with Crippen molar-refractivity contribution < 1.29 is 4.74 Å². The van der Waals surface area contributed by atoms with Crippen LogP contribution in [0.4, 0.5) is 0 Å². The van der Waals surface area contributed by atoms with Crippen LogP contribution in [-0.4, -0.2) is 6.61 Å². The summed E-state index contributed by atoms with van der Waals surface area (Å²) in [6.07, 6.45) is 0. The summed E-state index contributed by atoms with van der Waals surface area (Å²) in [5, 5.41) is 0. The number of fused-ring (bicyclic) bond motifs is 1. The first kappa shape index (κ1) is 10.1. The Labute approximate surface area is 80.7 Å². The van der Waals surface area contributed by atoms with E-state index in [4.69, 9.17) is 4.74 Å². The van der Waals surface area contributed by atoms with Gasteiger partial charge in [-0.15, -0.1) is 0 Å². The highest BCUT2D eigenvalue weighted by Gasteiger charge is 2.18. The van der Waals surface area contributed by atoms with E-state index >= 15 is 0 Å². The molecule has 1 heterocycles. The van der Waals surface area contributed by atoms with Gasteiger partial charge in [-0.05, 0) is 18.6 Å². The largest absolute Gasteiger partial charge is 0.493 e. The molecule has 0 N–H and O–H groups in total. The zero-order valence-electron chi connectivity index (χ0n) is 8.92. The van der Waals surface area contributed by atoms with Crippen LogP contribution in [0.2, 0.25) is 0 Å². The molecule has 0 bridgehead atoms. The van der Waals surface area contributed by atoms with Crippen molar-refractivity contribution in [2.24, 2.45) is 0 Å². The summed E-state index contributed by atoms with van der Waals surface area (Å²) in [4.78, 5) is 0. The van der Waals surface area contributed by atoms with E-state index in [9.17, 15) is 0 Å². The van der Waals surface area contributed by atoms with Gasteiger partial charge in [0.1, 0.15) is 5.75 Å². The zero-order chi connectivity index (χ0) is 9.84. The van der Waals surface area contributed by atoms with Gasteiger partial charge in [-0.2, -0.15) is 0 Å². The number of aryl methyl sites for hydroxylation is 1. The number of benzene rings is 1. The van der Waals surface area contributed by atoms with Crippen molar-refractivity contribution in [1.29, 1.82) is 0 Å². The molecular weight excluding hydrogens is 160 g/mol. The first-order valence-corrected chi connectivity index (χ1v) is 5.01. The second-order valence-corrected chi connectivity index (χ2v) is 3.25. The van der Waals surface area contributed by atoms with Gasteiger partial charge in [0.25, 0.3) is 0 Å². The van der Waals surface area contributed by atoms with Gasteiger partial charge in [0.05, 0.1) is 6.61 Å². The lowest BCUT2D eigenvalue weighted by Gasteiger charge is -1.99. The highest BCUT2D eigenvalue weighted by Crippen LogP contribution is 2.33. The second kappa shape index (κ2) is 4.31. The predicted molar refractivity (Wildman–Crippen MR) is 56.4 cm³/mol. The molecule has 0 aliphatic carbocycles. The van der Waals surface area contributed by atoms with E-state index < -0.39 is 0 Å². The van der Waals surface area contributed by atoms with Crippen molar-refractivity contribution in [2.75, 3.05) is 6.61 Å². The average Bonchev–Trinajstić information content (AvgIpc) is 2.51. The topological polar surface area (TPSA) is 9.23 Å². The Morgan fingerprint density at radius 2 is 2.00 bits per heavy atom. The molecule has 2 rings (SSSR count). The summed E-state index contributed by atoms with van der Waals surface area (Å²) in [5.74, 6) is 1.66. The Morgan fingerprint density at radius 3 is 2.69 bits per heavy atom. The lowest BCUT2D eigenvalue weighted by atomic mass is 10.0. The molecule has 0 amide bonds. The molecule has 0 saturated heterocycles. The maximum absolute atomic E-state index is 5.49. The van der Waals surface area contributed by atoms with Crippen LogP contribution >= 0.6 is 0 Å². The lowest BCUT2D eigenvalue weighted by molar-refractivity contribution is 0.337. The van der Waals surface area contributed by atoms with E-state index in [-0.39, 0.29) is 0 Å². The molecular formula is C12H18O. The summed E-state index contributed by atoms with van der Waals surface area (Å²) in [7, 11) is 0. The third-order valence-electron chi connectivity index (χ3n) is 2.19. The van der Waals surface area contributed by atoms with Crippen molar-refractivity contribution in [3.8, 4) is 5.75 Å². The molecule has 0 aromatic heterocycles. The number of rotatable bonds is 0. The van der Waals surface area contributed by atoms with Crippen LogP contribution in [0.5, 0.6) is 5.75 Å². The summed E-state index contributed by atoms with van der Waals surface area (Å²) in [6, 6.07) is 6.42. The molecule has 1 atom stereocenters. The van der Waals surface area contributed by atoms with Gasteiger partial charge in [-0.3, -0.25) is 0 Å². The molecule has 1 aliphatic rings. The van der Waals surface area contributed by atoms with Gasteiger partial charge in [-0.25, -0.2) is 0 Å². The van der Waals surface area contributed by atoms with Crippen LogP contribution in [0, 0.1) is 6.92 Å². The van der Waals surface area contributed by atoms with Crippen LogP contribution in [0.3, 0.4) is 0 Å². The van der Waals surface area contributed by atoms with Gasteiger partial charge in [0.15, 0.2) is 0 Å². The quantitative estimate of drug-likeness (QED) is 0.590. The van der Waals surface area contributed by atoms with E-state index in [1.165, 1.54) is 11.1 Å². The molecule has 1 heteroatoms. The van der Waals surface area contributed by atoms with E-state index in [1.54, 1.807) is 0 Å². The van der Waals surface area contributed by atoms with Gasteiger partial charge >= 0.3 is 0 Å². The lowest BCUT2D eigenvalue weighted by Crippen LogP contribution is -1.93. The summed E-state index contributed by atoms with van der Waals surface area (Å²) >= 11 is 0. The normalized spacial score (nSPS) is 18.3. The Balaban J connectivity index is 0.000000396. The minimum atomic E-state index is 0.575. The maximum Gasteiger partial charge on any atom is 0.123 e. The molecule has 1 aromatic rings. The maximum atomic E-state index is 5.49. The molecule has 1 aromatic carbocycles. The van der Waals surface area contributed by atoms with Crippen LogP contribution in [0.15, 0.2) is 18.2 Å². The third kappa shape index (κ3) is 2.03. The van der Waals surface area contributed by atoms with Gasteiger partial charge in [0.2, 0.25) is 0 Å². The molecule has 13 heavy (non-hydrogen) atoms. The average molecular weight is 178 g/mol. The SMILES string of the molecule is CC.Cc1ccc2c(c1)OCC2C.